The Morgan fingerprint density at radius 2 is 2.05 bits per heavy atom. The van der Waals surface area contributed by atoms with Crippen LogP contribution >= 0.6 is 0 Å². The summed E-state index contributed by atoms with van der Waals surface area (Å²) in [6, 6.07) is 10.9. The van der Waals surface area contributed by atoms with Crippen molar-refractivity contribution < 1.29 is 9.59 Å². The van der Waals surface area contributed by atoms with Crippen LogP contribution in [0.3, 0.4) is 0 Å². The molecule has 1 atom stereocenters. The van der Waals surface area contributed by atoms with Crippen molar-refractivity contribution in [2.45, 2.75) is 6.04 Å². The van der Waals surface area contributed by atoms with Crippen LogP contribution in [0, 0.1) is 0 Å². The van der Waals surface area contributed by atoms with Gasteiger partial charge in [-0.1, -0.05) is 30.3 Å². The van der Waals surface area contributed by atoms with E-state index in [-0.39, 0.29) is 0 Å². The summed E-state index contributed by atoms with van der Waals surface area (Å²) in [7, 11) is 3.42. The molecule has 0 spiro atoms. The summed E-state index contributed by atoms with van der Waals surface area (Å²) >= 11 is 0. The molecule has 2 N–H and O–H groups in total. The smallest absolute Gasteiger partial charge is 0.249 e. The topological polar surface area (TPSA) is 76.0 Å². The van der Waals surface area contributed by atoms with Crippen LogP contribution in [0.2, 0.25) is 0 Å². The number of rotatable bonds is 5. The van der Waals surface area contributed by atoms with Gasteiger partial charge in [-0.3, -0.25) is 19.6 Å². The van der Waals surface area contributed by atoms with Gasteiger partial charge in [0.15, 0.2) is 0 Å². The summed E-state index contributed by atoms with van der Waals surface area (Å²) in [6.07, 6.45) is 0.376. The van der Waals surface area contributed by atoms with E-state index >= 15 is 0 Å². The summed E-state index contributed by atoms with van der Waals surface area (Å²) in [6.45, 7) is 0. The monoisotopic (exact) mass is 272 g/mol. The molecule has 104 valence electrons. The van der Waals surface area contributed by atoms with E-state index in [1.165, 1.54) is 0 Å². The Morgan fingerprint density at radius 3 is 2.65 bits per heavy atom. The molecule has 2 amide bonds. The van der Waals surface area contributed by atoms with Gasteiger partial charge < -0.3 is 5.32 Å². The number of hydrogen-bond donors (Lipinski definition) is 2. The molecule has 0 aliphatic heterocycles. The molecule has 20 heavy (non-hydrogen) atoms. The van der Waals surface area contributed by atoms with Crippen molar-refractivity contribution in [3.05, 3.63) is 42.1 Å². The molecule has 1 unspecified atom stereocenters. The van der Waals surface area contributed by atoms with Crippen LogP contribution in [0.5, 0.6) is 0 Å². The number of nitrogens with zero attached hydrogens (tertiary/aromatic N) is 2. The first-order valence-electron chi connectivity index (χ1n) is 6.18. The summed E-state index contributed by atoms with van der Waals surface area (Å²) < 4.78 is 1.63. The zero-order valence-corrected chi connectivity index (χ0v) is 11.3. The van der Waals surface area contributed by atoms with Crippen molar-refractivity contribution in [1.29, 1.82) is 0 Å². The number of aromatic nitrogens is 2. The van der Waals surface area contributed by atoms with E-state index < -0.39 is 11.9 Å². The van der Waals surface area contributed by atoms with Gasteiger partial charge >= 0.3 is 0 Å². The van der Waals surface area contributed by atoms with Crippen LogP contribution in [0.1, 0.15) is 11.7 Å². The molecule has 6 nitrogen and oxygen atoms in total. The molecule has 0 saturated carbocycles. The number of carbonyl (C=O) groups is 2. The Hall–Kier alpha value is -2.47. The van der Waals surface area contributed by atoms with E-state index in [2.05, 4.69) is 15.7 Å². The summed E-state index contributed by atoms with van der Waals surface area (Å²) in [5.74, 6) is -0.412. The van der Waals surface area contributed by atoms with Crippen molar-refractivity contribution >= 4 is 12.3 Å². The highest BCUT2D eigenvalue weighted by Gasteiger charge is 2.22. The number of amides is 2. The van der Waals surface area contributed by atoms with Gasteiger partial charge in [-0.05, 0) is 13.1 Å². The van der Waals surface area contributed by atoms with Gasteiger partial charge in [-0.2, -0.15) is 5.10 Å². The highest BCUT2D eigenvalue weighted by Crippen LogP contribution is 2.22. The van der Waals surface area contributed by atoms with Gasteiger partial charge in [0.1, 0.15) is 6.04 Å². The number of imide groups is 1. The quantitative estimate of drug-likeness (QED) is 0.782. The van der Waals surface area contributed by atoms with E-state index in [0.717, 1.165) is 11.3 Å². The zero-order chi connectivity index (χ0) is 14.5. The lowest BCUT2D eigenvalue weighted by atomic mass is 10.1. The molecule has 1 aromatic heterocycles. The van der Waals surface area contributed by atoms with Gasteiger partial charge in [0, 0.05) is 12.6 Å². The molecule has 0 saturated heterocycles. The maximum Gasteiger partial charge on any atom is 0.249 e. The Morgan fingerprint density at radius 1 is 1.35 bits per heavy atom. The van der Waals surface area contributed by atoms with E-state index in [1.54, 1.807) is 18.8 Å². The van der Waals surface area contributed by atoms with Crippen LogP contribution in [0.4, 0.5) is 0 Å². The van der Waals surface area contributed by atoms with Crippen LogP contribution < -0.4 is 10.6 Å². The lowest BCUT2D eigenvalue weighted by Crippen LogP contribution is -2.36. The SMILES string of the molecule is CNC(C(=O)NC=O)c1cc(-c2ccccc2)nn1C. The Bertz CT molecular complexity index is 607. The average molecular weight is 272 g/mol. The van der Waals surface area contributed by atoms with Gasteiger partial charge in [0.2, 0.25) is 12.3 Å². The second kappa shape index (κ2) is 6.12. The second-order valence-corrected chi connectivity index (χ2v) is 4.29. The van der Waals surface area contributed by atoms with Crippen molar-refractivity contribution in [3.63, 3.8) is 0 Å². The first-order valence-corrected chi connectivity index (χ1v) is 6.18. The van der Waals surface area contributed by atoms with E-state index in [0.29, 0.717) is 12.1 Å². The number of carbonyl (C=O) groups excluding carboxylic acids is 2. The van der Waals surface area contributed by atoms with Crippen LogP contribution in [-0.4, -0.2) is 29.1 Å². The van der Waals surface area contributed by atoms with Crippen LogP contribution in [-0.2, 0) is 16.6 Å². The van der Waals surface area contributed by atoms with Crippen molar-refractivity contribution in [2.75, 3.05) is 7.05 Å². The lowest BCUT2D eigenvalue weighted by Gasteiger charge is -2.13. The number of nitrogens with one attached hydrogen (secondary N) is 2. The number of aryl methyl sites for hydroxylation is 1. The average Bonchev–Trinajstić information content (AvgIpc) is 2.83. The molecular weight excluding hydrogens is 256 g/mol. The predicted molar refractivity (Wildman–Crippen MR) is 74.7 cm³/mol. The molecular formula is C14H16N4O2. The largest absolute Gasteiger partial charge is 0.304 e. The maximum atomic E-state index is 11.8. The molecule has 0 aliphatic carbocycles. The third-order valence-corrected chi connectivity index (χ3v) is 3.03. The second-order valence-electron chi connectivity index (χ2n) is 4.29. The summed E-state index contributed by atoms with van der Waals surface area (Å²) in [4.78, 5) is 22.2. The Labute approximate surface area is 116 Å². The predicted octanol–water partition coefficient (Wildman–Crippen LogP) is 0.620. The summed E-state index contributed by atoms with van der Waals surface area (Å²) in [5, 5.41) is 9.43. The lowest BCUT2D eigenvalue weighted by molar-refractivity contribution is -0.127. The molecule has 0 radical (unpaired) electrons. The first-order chi connectivity index (χ1) is 9.67. The minimum atomic E-state index is -0.629. The van der Waals surface area contributed by atoms with Gasteiger partial charge in [-0.25, -0.2) is 0 Å². The number of hydrogen-bond acceptors (Lipinski definition) is 4. The van der Waals surface area contributed by atoms with E-state index in [4.69, 9.17) is 0 Å². The normalized spacial score (nSPS) is 11.9. The van der Waals surface area contributed by atoms with E-state index in [9.17, 15) is 9.59 Å². The highest BCUT2D eigenvalue weighted by molar-refractivity contribution is 5.90. The highest BCUT2D eigenvalue weighted by atomic mass is 16.2. The van der Waals surface area contributed by atoms with Crippen LogP contribution in [0.15, 0.2) is 36.4 Å². The molecule has 0 aliphatic rings. The third-order valence-electron chi connectivity index (χ3n) is 3.03. The Kier molecular flexibility index (Phi) is 4.27. The fraction of sp³-hybridized carbons (Fsp3) is 0.214. The number of likely N-dealkylation sites (N-methyl/N-ethyl adjacent to an activating group) is 1. The van der Waals surface area contributed by atoms with Gasteiger partial charge in [0.05, 0.1) is 11.4 Å². The molecule has 6 heteroatoms. The zero-order valence-electron chi connectivity index (χ0n) is 11.3. The van der Waals surface area contributed by atoms with Crippen molar-refractivity contribution in [1.82, 2.24) is 20.4 Å². The Balaban J connectivity index is 2.35. The molecule has 2 rings (SSSR count). The van der Waals surface area contributed by atoms with Gasteiger partial charge in [-0.15, -0.1) is 0 Å². The minimum Gasteiger partial charge on any atom is -0.304 e. The molecule has 0 fully saturated rings. The van der Waals surface area contributed by atoms with Crippen molar-refractivity contribution in [3.8, 4) is 11.3 Å². The molecule has 1 heterocycles. The van der Waals surface area contributed by atoms with Gasteiger partial charge in [0.25, 0.3) is 0 Å². The van der Waals surface area contributed by atoms with E-state index in [1.807, 2.05) is 36.4 Å². The fourth-order valence-corrected chi connectivity index (χ4v) is 2.06. The first kappa shape index (κ1) is 14.0. The fourth-order valence-electron chi connectivity index (χ4n) is 2.06. The molecule has 0 bridgehead atoms. The minimum absolute atomic E-state index is 0.376. The summed E-state index contributed by atoms with van der Waals surface area (Å²) in [5.41, 5.74) is 2.44. The third kappa shape index (κ3) is 2.75. The van der Waals surface area contributed by atoms with Crippen molar-refractivity contribution in [2.24, 2.45) is 7.05 Å². The molecule has 1 aromatic carbocycles. The van der Waals surface area contributed by atoms with Crippen LogP contribution in [0.25, 0.3) is 11.3 Å². The standard InChI is InChI=1S/C14H16N4O2/c1-15-13(14(20)16-9-19)12-8-11(17-18(12)2)10-6-4-3-5-7-10/h3-9,13,15H,1-2H3,(H,16,19,20). The number of benzene rings is 1. The molecule has 2 aromatic rings. The maximum absolute atomic E-state index is 11.8.